The van der Waals surface area contributed by atoms with Crippen LogP contribution >= 0.6 is 18.5 Å². The van der Waals surface area contributed by atoms with E-state index in [1.54, 1.807) is 12.1 Å². The number of aryl methyl sites for hydroxylation is 1. The number of halogens is 1. The van der Waals surface area contributed by atoms with E-state index in [0.29, 0.717) is 46.7 Å². The number of amides is 2. The van der Waals surface area contributed by atoms with Crippen molar-refractivity contribution in [3.8, 4) is 0 Å². The van der Waals surface area contributed by atoms with Gasteiger partial charge in [-0.2, -0.15) is 0 Å². The van der Waals surface area contributed by atoms with Crippen molar-refractivity contribution in [2.75, 3.05) is 25.3 Å². The summed E-state index contributed by atoms with van der Waals surface area (Å²) in [5.41, 5.74) is 2.89. The molecule has 0 fully saturated rings. The van der Waals surface area contributed by atoms with Crippen LogP contribution in [0.15, 0.2) is 23.3 Å². The number of ether oxygens (including phenoxy) is 1. The molecule has 29 heavy (non-hydrogen) atoms. The van der Waals surface area contributed by atoms with E-state index < -0.39 is 12.5 Å². The molecule has 1 atom stereocenters. The lowest BCUT2D eigenvalue weighted by atomic mass is 9.93. The lowest BCUT2D eigenvalue weighted by Crippen LogP contribution is -2.32. The van der Waals surface area contributed by atoms with E-state index >= 15 is 0 Å². The maximum Gasteiger partial charge on any atom is 0.313 e. The number of carbonyl (C=O) groups excluding carboxylic acids is 3. The maximum atomic E-state index is 13.0. The van der Waals surface area contributed by atoms with Gasteiger partial charge in [-0.25, -0.2) is 4.90 Å². The second-order valence-corrected chi connectivity index (χ2v) is 12.9. The van der Waals surface area contributed by atoms with Gasteiger partial charge in [0.05, 0.1) is 18.5 Å². The molecule has 0 saturated heterocycles. The molecule has 1 aliphatic heterocycles. The Kier molecular flexibility index (Phi) is 6.12. The van der Waals surface area contributed by atoms with Gasteiger partial charge in [-0.1, -0.05) is 11.6 Å². The van der Waals surface area contributed by atoms with E-state index in [1.165, 1.54) is 12.0 Å². The normalized spacial score (nSPS) is 18.2. The standard InChI is InChI=1S/C22H27ClNO4P/c1-13-10-17(23)14(12-19(22(27)28-2)29(3,4)5)11-18(13)24-20(25)15-8-6-7-9-16(15)21(24)26/h10-11,19H,3,6-9,12H2,1-2,4-5H3. The van der Waals surface area contributed by atoms with Crippen LogP contribution in [-0.2, 0) is 25.5 Å². The molecule has 0 saturated carbocycles. The summed E-state index contributed by atoms with van der Waals surface area (Å²) < 4.78 is 4.98. The molecule has 1 heterocycles. The van der Waals surface area contributed by atoms with Crippen molar-refractivity contribution in [1.82, 2.24) is 0 Å². The van der Waals surface area contributed by atoms with Gasteiger partial charge in [0.2, 0.25) is 0 Å². The lowest BCUT2D eigenvalue weighted by molar-refractivity contribution is -0.140. The summed E-state index contributed by atoms with van der Waals surface area (Å²) in [7, 11) is 1.37. The van der Waals surface area contributed by atoms with E-state index in [-0.39, 0.29) is 17.8 Å². The number of rotatable bonds is 5. The van der Waals surface area contributed by atoms with Gasteiger partial charge >= 0.3 is 5.97 Å². The molecule has 5 nitrogen and oxygen atoms in total. The second-order valence-electron chi connectivity index (χ2n) is 8.36. The minimum Gasteiger partial charge on any atom is -0.469 e. The molecular weight excluding hydrogens is 409 g/mol. The van der Waals surface area contributed by atoms with E-state index in [2.05, 4.69) is 6.30 Å². The first-order valence-electron chi connectivity index (χ1n) is 9.72. The van der Waals surface area contributed by atoms with Gasteiger partial charge in [-0.05, 0) is 75.6 Å². The quantitative estimate of drug-likeness (QED) is 0.395. The molecule has 0 aromatic heterocycles. The highest BCUT2D eigenvalue weighted by atomic mass is 35.5. The van der Waals surface area contributed by atoms with Crippen LogP contribution < -0.4 is 4.90 Å². The average molecular weight is 436 g/mol. The third-order valence-corrected chi connectivity index (χ3v) is 8.16. The summed E-state index contributed by atoms with van der Waals surface area (Å²) in [6.07, 6.45) is 7.72. The summed E-state index contributed by atoms with van der Waals surface area (Å²) in [6.45, 7) is 3.96. The number of esters is 1. The molecule has 0 spiro atoms. The molecule has 1 aromatic carbocycles. The van der Waals surface area contributed by atoms with E-state index in [9.17, 15) is 14.4 Å². The number of anilines is 1. The molecule has 3 rings (SSSR count). The second kappa shape index (κ2) is 8.12. The Labute approximate surface area is 177 Å². The molecule has 156 valence electrons. The molecule has 2 aliphatic rings. The SMILES string of the molecule is C=P(C)(C)C(Cc1cc(N2C(=O)C3=C(CCCC3)C2=O)c(C)cc1Cl)C(=O)OC. The van der Waals surface area contributed by atoms with Crippen LogP contribution in [0.1, 0.15) is 36.8 Å². The molecule has 0 radical (unpaired) electrons. The van der Waals surface area contributed by atoms with Crippen LogP contribution in [0.5, 0.6) is 0 Å². The topological polar surface area (TPSA) is 63.7 Å². The number of nitrogens with zero attached hydrogens (tertiary/aromatic N) is 1. The third-order valence-electron chi connectivity index (χ3n) is 5.73. The number of methoxy groups -OCH3 is 1. The first-order chi connectivity index (χ1) is 13.6. The third kappa shape index (κ3) is 4.08. The first-order valence-corrected chi connectivity index (χ1v) is 13.0. The molecule has 2 amide bonds. The highest BCUT2D eigenvalue weighted by Crippen LogP contribution is 2.45. The van der Waals surface area contributed by atoms with Crippen LogP contribution in [0.3, 0.4) is 0 Å². The Morgan fingerprint density at radius 3 is 2.24 bits per heavy atom. The summed E-state index contributed by atoms with van der Waals surface area (Å²) in [4.78, 5) is 39.6. The fourth-order valence-electron chi connectivity index (χ4n) is 4.02. The van der Waals surface area contributed by atoms with Crippen molar-refractivity contribution >= 4 is 48.3 Å². The minimum atomic E-state index is -1.82. The van der Waals surface area contributed by atoms with Crippen molar-refractivity contribution in [2.45, 2.75) is 44.7 Å². The molecule has 0 bridgehead atoms. The van der Waals surface area contributed by atoms with E-state index in [0.717, 1.165) is 18.4 Å². The lowest BCUT2D eigenvalue weighted by Gasteiger charge is -2.26. The van der Waals surface area contributed by atoms with Gasteiger partial charge in [0, 0.05) is 16.2 Å². The summed E-state index contributed by atoms with van der Waals surface area (Å²) >= 11 is 6.49. The average Bonchev–Trinajstić information content (AvgIpc) is 2.91. The van der Waals surface area contributed by atoms with Gasteiger partial charge in [-0.15, -0.1) is 13.2 Å². The fourth-order valence-corrected chi connectivity index (χ4v) is 5.68. The number of hydrogen-bond acceptors (Lipinski definition) is 4. The van der Waals surface area contributed by atoms with E-state index in [1.807, 2.05) is 20.3 Å². The summed E-state index contributed by atoms with van der Waals surface area (Å²) in [5, 5.41) is 0.505. The van der Waals surface area contributed by atoms with Crippen LogP contribution in [0.25, 0.3) is 0 Å². The summed E-state index contributed by atoms with van der Waals surface area (Å²) in [6, 6.07) is 3.53. The van der Waals surface area contributed by atoms with Crippen LogP contribution in [0.2, 0.25) is 5.02 Å². The summed E-state index contributed by atoms with van der Waals surface area (Å²) in [5.74, 6) is -0.770. The Balaban J connectivity index is 2.01. The minimum absolute atomic E-state index is 0.226. The maximum absolute atomic E-state index is 13.0. The highest BCUT2D eigenvalue weighted by molar-refractivity contribution is 7.73. The Hall–Kier alpha value is -1.84. The van der Waals surface area contributed by atoms with Gasteiger partial charge in [0.15, 0.2) is 0 Å². The van der Waals surface area contributed by atoms with Crippen molar-refractivity contribution in [3.63, 3.8) is 0 Å². The van der Waals surface area contributed by atoms with Gasteiger partial charge in [0.1, 0.15) is 0 Å². The van der Waals surface area contributed by atoms with Crippen molar-refractivity contribution in [3.05, 3.63) is 39.4 Å². The van der Waals surface area contributed by atoms with Gasteiger partial charge in [0.25, 0.3) is 11.8 Å². The van der Waals surface area contributed by atoms with Gasteiger partial charge in [-0.3, -0.25) is 14.4 Å². The largest absolute Gasteiger partial charge is 0.469 e. The zero-order chi connectivity index (χ0) is 21.5. The van der Waals surface area contributed by atoms with Gasteiger partial charge < -0.3 is 4.74 Å². The smallest absolute Gasteiger partial charge is 0.313 e. The number of carbonyl (C=O) groups is 3. The molecule has 1 unspecified atom stereocenters. The van der Waals surface area contributed by atoms with Crippen molar-refractivity contribution < 1.29 is 19.1 Å². The molecule has 0 N–H and O–H groups in total. The zero-order valence-corrected chi connectivity index (χ0v) is 19.0. The van der Waals surface area contributed by atoms with Crippen LogP contribution in [-0.4, -0.2) is 50.2 Å². The molecule has 7 heteroatoms. The molecule has 1 aromatic rings. The first kappa shape index (κ1) is 21.9. The number of imide groups is 1. The predicted molar refractivity (Wildman–Crippen MR) is 120 cm³/mol. The van der Waals surface area contributed by atoms with Crippen LogP contribution in [0, 0.1) is 6.92 Å². The van der Waals surface area contributed by atoms with E-state index in [4.69, 9.17) is 16.3 Å². The number of benzene rings is 1. The molecular formula is C22H27ClNO4P. The zero-order valence-electron chi connectivity index (χ0n) is 17.4. The molecule has 1 aliphatic carbocycles. The monoisotopic (exact) mass is 435 g/mol. The van der Waals surface area contributed by atoms with Crippen molar-refractivity contribution in [2.24, 2.45) is 0 Å². The number of hydrogen-bond donors (Lipinski definition) is 0. The predicted octanol–water partition coefficient (Wildman–Crippen LogP) is 4.19. The Morgan fingerprint density at radius 2 is 1.76 bits per heavy atom. The highest BCUT2D eigenvalue weighted by Gasteiger charge is 2.40. The fraction of sp³-hybridized carbons (Fsp3) is 0.455. The van der Waals surface area contributed by atoms with Crippen LogP contribution in [0.4, 0.5) is 5.69 Å². The van der Waals surface area contributed by atoms with Crippen molar-refractivity contribution in [1.29, 1.82) is 0 Å². The Morgan fingerprint density at radius 1 is 1.21 bits per heavy atom. The Bertz CT molecular complexity index is 947.